The topological polar surface area (TPSA) is 72.8 Å². The van der Waals surface area contributed by atoms with E-state index in [0.29, 0.717) is 25.5 Å². The minimum Gasteiger partial charge on any atom is -0.396 e. The summed E-state index contributed by atoms with van der Waals surface area (Å²) in [6.45, 7) is 2.82. The van der Waals surface area contributed by atoms with E-state index in [1.54, 1.807) is 0 Å². The third-order valence-corrected chi connectivity index (χ3v) is 5.66. The van der Waals surface area contributed by atoms with E-state index < -0.39 is 0 Å². The highest BCUT2D eigenvalue weighted by Crippen LogP contribution is 2.25. The quantitative estimate of drug-likeness (QED) is 0.763. The van der Waals surface area contributed by atoms with Gasteiger partial charge in [-0.2, -0.15) is 0 Å². The Morgan fingerprint density at radius 1 is 1.12 bits per heavy atom. The van der Waals surface area contributed by atoms with Gasteiger partial charge in [0.2, 0.25) is 5.91 Å². The van der Waals surface area contributed by atoms with Crippen LogP contribution in [0.4, 0.5) is 5.69 Å². The van der Waals surface area contributed by atoms with Crippen LogP contribution in [-0.4, -0.2) is 41.9 Å². The molecule has 3 rings (SSSR count). The van der Waals surface area contributed by atoms with Gasteiger partial charge in [0.1, 0.15) is 0 Å². The molecule has 0 unspecified atom stereocenters. The lowest BCUT2D eigenvalue weighted by molar-refractivity contribution is -0.127. The molecule has 0 radical (unpaired) electrons. The van der Waals surface area contributed by atoms with Crippen molar-refractivity contribution in [3.05, 3.63) is 29.8 Å². The highest BCUT2D eigenvalue weighted by molar-refractivity contribution is 5.78. The Kier molecular flexibility index (Phi) is 6.32. The maximum absolute atomic E-state index is 12.2. The Labute approximate surface area is 150 Å². The van der Waals surface area contributed by atoms with E-state index in [0.717, 1.165) is 50.8 Å². The molecule has 1 aliphatic carbocycles. The molecule has 2 aliphatic rings. The third kappa shape index (κ3) is 4.95. The average Bonchev–Trinajstić information content (AvgIpc) is 2.66. The molecule has 1 aromatic rings. The Morgan fingerprint density at radius 3 is 2.48 bits per heavy atom. The minimum atomic E-state index is -0.321. The Balaban J connectivity index is 1.47. The summed E-state index contributed by atoms with van der Waals surface area (Å²) in [4.78, 5) is 14.6. The van der Waals surface area contributed by atoms with E-state index in [9.17, 15) is 15.0 Å². The maximum Gasteiger partial charge on any atom is 0.223 e. The van der Waals surface area contributed by atoms with Crippen LogP contribution in [0.1, 0.15) is 44.1 Å². The number of hydrogen-bond donors (Lipinski definition) is 3. The summed E-state index contributed by atoms with van der Waals surface area (Å²) in [5, 5.41) is 21.9. The predicted molar refractivity (Wildman–Crippen MR) is 98.3 cm³/mol. The monoisotopic (exact) mass is 346 g/mol. The normalized spacial score (nSPS) is 25.0. The van der Waals surface area contributed by atoms with Gasteiger partial charge in [0.25, 0.3) is 0 Å². The first-order chi connectivity index (χ1) is 12.2. The number of carbonyl (C=O) groups excluding carboxylic acids is 1. The van der Waals surface area contributed by atoms with E-state index in [-0.39, 0.29) is 17.9 Å². The molecule has 2 fully saturated rings. The van der Waals surface area contributed by atoms with Gasteiger partial charge < -0.3 is 20.4 Å². The second-order valence-electron chi connectivity index (χ2n) is 7.51. The Hall–Kier alpha value is -1.59. The molecular weight excluding hydrogens is 316 g/mol. The number of amides is 1. The number of piperidine rings is 1. The van der Waals surface area contributed by atoms with Crippen molar-refractivity contribution in [2.45, 2.75) is 51.2 Å². The fourth-order valence-electron chi connectivity index (χ4n) is 3.93. The smallest absolute Gasteiger partial charge is 0.223 e. The van der Waals surface area contributed by atoms with Gasteiger partial charge >= 0.3 is 0 Å². The number of nitrogens with one attached hydrogen (secondary N) is 1. The van der Waals surface area contributed by atoms with Crippen molar-refractivity contribution in [3.63, 3.8) is 0 Å². The SMILES string of the molecule is O=C(NCc1ccc(N2CCC(CO)CC2)cc1)[C@H]1CCC[C@@H](O)C1. The van der Waals surface area contributed by atoms with Crippen molar-refractivity contribution >= 4 is 11.6 Å². The molecule has 0 spiro atoms. The first-order valence-electron chi connectivity index (χ1n) is 9.56. The van der Waals surface area contributed by atoms with Crippen molar-refractivity contribution in [1.29, 1.82) is 0 Å². The van der Waals surface area contributed by atoms with Crippen LogP contribution in [-0.2, 0) is 11.3 Å². The average molecular weight is 346 g/mol. The number of rotatable bonds is 5. The molecule has 1 heterocycles. The Bertz CT molecular complexity index is 553. The van der Waals surface area contributed by atoms with Gasteiger partial charge in [0.15, 0.2) is 0 Å². The summed E-state index contributed by atoms with van der Waals surface area (Å²) in [6, 6.07) is 8.38. The van der Waals surface area contributed by atoms with Crippen molar-refractivity contribution in [2.75, 3.05) is 24.6 Å². The van der Waals surface area contributed by atoms with Gasteiger partial charge in [-0.3, -0.25) is 4.79 Å². The summed E-state index contributed by atoms with van der Waals surface area (Å²) in [6.07, 6.45) is 4.99. The van der Waals surface area contributed by atoms with E-state index >= 15 is 0 Å². The molecule has 0 aromatic heterocycles. The van der Waals surface area contributed by atoms with Crippen molar-refractivity contribution in [2.24, 2.45) is 11.8 Å². The van der Waals surface area contributed by atoms with Gasteiger partial charge in [0, 0.05) is 37.8 Å². The first kappa shape index (κ1) is 18.2. The molecule has 1 aliphatic heterocycles. The molecule has 5 heteroatoms. The summed E-state index contributed by atoms with van der Waals surface area (Å²) < 4.78 is 0. The standard InChI is InChI=1S/C20H30N2O3/c23-14-16-8-10-22(11-9-16)18-6-4-15(5-7-18)13-21-20(25)17-2-1-3-19(24)12-17/h4-7,16-17,19,23-24H,1-3,8-14H2,(H,21,25)/t17-,19+/m0/s1. The highest BCUT2D eigenvalue weighted by atomic mass is 16.3. The lowest BCUT2D eigenvalue weighted by Crippen LogP contribution is -2.35. The maximum atomic E-state index is 12.2. The molecule has 1 amide bonds. The summed E-state index contributed by atoms with van der Waals surface area (Å²) in [7, 11) is 0. The minimum absolute atomic E-state index is 0.0455. The molecule has 25 heavy (non-hydrogen) atoms. The van der Waals surface area contributed by atoms with Crippen LogP contribution >= 0.6 is 0 Å². The number of aliphatic hydroxyl groups is 2. The lowest BCUT2D eigenvalue weighted by atomic mass is 9.86. The first-order valence-corrected chi connectivity index (χ1v) is 9.56. The molecular formula is C20H30N2O3. The molecule has 0 bridgehead atoms. The number of benzene rings is 1. The number of aliphatic hydroxyl groups excluding tert-OH is 2. The largest absolute Gasteiger partial charge is 0.396 e. The number of carbonyl (C=O) groups is 1. The van der Waals surface area contributed by atoms with Gasteiger partial charge in [-0.05, 0) is 55.7 Å². The Morgan fingerprint density at radius 2 is 1.84 bits per heavy atom. The molecule has 1 saturated carbocycles. The molecule has 5 nitrogen and oxygen atoms in total. The van der Waals surface area contributed by atoms with Gasteiger partial charge in [-0.1, -0.05) is 18.6 Å². The summed E-state index contributed by atoms with van der Waals surface area (Å²) in [5.41, 5.74) is 2.31. The molecule has 138 valence electrons. The third-order valence-electron chi connectivity index (χ3n) is 5.66. The number of hydrogen-bond acceptors (Lipinski definition) is 4. The zero-order valence-electron chi connectivity index (χ0n) is 14.9. The van der Waals surface area contributed by atoms with Crippen molar-refractivity contribution in [1.82, 2.24) is 5.32 Å². The van der Waals surface area contributed by atoms with Crippen LogP contribution in [0, 0.1) is 11.8 Å². The zero-order valence-corrected chi connectivity index (χ0v) is 14.9. The number of nitrogens with zero attached hydrogens (tertiary/aromatic N) is 1. The number of anilines is 1. The highest BCUT2D eigenvalue weighted by Gasteiger charge is 2.25. The van der Waals surface area contributed by atoms with Gasteiger partial charge in [-0.15, -0.1) is 0 Å². The molecule has 2 atom stereocenters. The van der Waals surface area contributed by atoms with Crippen LogP contribution in [0.25, 0.3) is 0 Å². The fraction of sp³-hybridized carbons (Fsp3) is 0.650. The van der Waals surface area contributed by atoms with Crippen LogP contribution < -0.4 is 10.2 Å². The van der Waals surface area contributed by atoms with Crippen molar-refractivity contribution < 1.29 is 15.0 Å². The van der Waals surface area contributed by atoms with Gasteiger partial charge in [-0.25, -0.2) is 0 Å². The fourth-order valence-corrected chi connectivity index (χ4v) is 3.93. The van der Waals surface area contributed by atoms with E-state index in [1.807, 2.05) is 0 Å². The van der Waals surface area contributed by atoms with Crippen molar-refractivity contribution in [3.8, 4) is 0 Å². The van der Waals surface area contributed by atoms with E-state index in [4.69, 9.17) is 0 Å². The van der Waals surface area contributed by atoms with E-state index in [1.165, 1.54) is 5.69 Å². The molecule has 3 N–H and O–H groups in total. The van der Waals surface area contributed by atoms with Crippen LogP contribution in [0.15, 0.2) is 24.3 Å². The molecule has 1 saturated heterocycles. The second kappa shape index (κ2) is 8.68. The second-order valence-corrected chi connectivity index (χ2v) is 7.51. The zero-order chi connectivity index (χ0) is 17.6. The molecule has 1 aromatic carbocycles. The van der Waals surface area contributed by atoms with E-state index in [2.05, 4.69) is 34.5 Å². The lowest BCUT2D eigenvalue weighted by Gasteiger charge is -2.33. The summed E-state index contributed by atoms with van der Waals surface area (Å²) in [5.74, 6) is 0.466. The predicted octanol–water partition coefficient (Wildman–Crippen LogP) is 2.06. The van der Waals surface area contributed by atoms with Gasteiger partial charge in [0.05, 0.1) is 6.10 Å². The summed E-state index contributed by atoms with van der Waals surface area (Å²) >= 11 is 0. The van der Waals surface area contributed by atoms with Crippen LogP contribution in [0.5, 0.6) is 0 Å². The van der Waals surface area contributed by atoms with Crippen LogP contribution in [0.2, 0.25) is 0 Å². The van der Waals surface area contributed by atoms with Crippen LogP contribution in [0.3, 0.4) is 0 Å².